The van der Waals surface area contributed by atoms with E-state index in [0.717, 1.165) is 38.5 Å². The predicted octanol–water partition coefficient (Wildman–Crippen LogP) is 2.50. The third-order valence-corrected chi connectivity index (χ3v) is 8.24. The van der Waals surface area contributed by atoms with Gasteiger partial charge in [-0.1, -0.05) is 31.4 Å². The molecule has 0 aromatic carbocycles. The van der Waals surface area contributed by atoms with Crippen LogP contribution in [0.25, 0.3) is 0 Å². The first-order valence-electron chi connectivity index (χ1n) is 9.58. The van der Waals surface area contributed by atoms with Crippen LogP contribution in [0, 0.1) is 47.3 Å². The van der Waals surface area contributed by atoms with Crippen LogP contribution in [0.5, 0.6) is 0 Å². The Balaban J connectivity index is 1.72. The van der Waals surface area contributed by atoms with Crippen molar-refractivity contribution in [3.8, 4) is 12.3 Å². The number of fused-ring (bicyclic) bond motifs is 5. The van der Waals surface area contributed by atoms with E-state index in [4.69, 9.17) is 6.42 Å². The molecule has 9 atom stereocenters. The van der Waals surface area contributed by atoms with Crippen LogP contribution >= 0.6 is 0 Å². The third kappa shape index (κ3) is 1.97. The second-order valence-corrected chi connectivity index (χ2v) is 9.13. The van der Waals surface area contributed by atoms with Gasteiger partial charge in [-0.05, 0) is 68.1 Å². The number of hydrogen-bond donors (Lipinski definition) is 3. The van der Waals surface area contributed by atoms with Gasteiger partial charge in [0.1, 0.15) is 5.60 Å². The van der Waals surface area contributed by atoms with E-state index in [0.29, 0.717) is 11.8 Å². The molecule has 132 valence electrons. The fourth-order valence-corrected chi connectivity index (χ4v) is 6.93. The highest BCUT2D eigenvalue weighted by Crippen LogP contribution is 2.65. The van der Waals surface area contributed by atoms with Crippen LogP contribution < -0.4 is 0 Å². The van der Waals surface area contributed by atoms with E-state index in [1.54, 1.807) is 0 Å². The number of aliphatic hydroxyl groups is 3. The Bertz CT molecular complexity index is 605. The Morgan fingerprint density at radius 1 is 1.25 bits per heavy atom. The van der Waals surface area contributed by atoms with Crippen molar-refractivity contribution in [1.82, 2.24) is 0 Å². The average Bonchev–Trinajstić information content (AvgIpc) is 2.75. The van der Waals surface area contributed by atoms with Crippen molar-refractivity contribution in [2.24, 2.45) is 35.0 Å². The van der Waals surface area contributed by atoms with E-state index >= 15 is 0 Å². The smallest absolute Gasteiger partial charge is 0.133 e. The quantitative estimate of drug-likeness (QED) is 0.472. The molecule has 0 aromatic heterocycles. The second-order valence-electron chi connectivity index (χ2n) is 9.13. The van der Waals surface area contributed by atoms with Gasteiger partial charge >= 0.3 is 0 Å². The molecule has 0 aliphatic heterocycles. The molecule has 0 amide bonds. The second kappa shape index (κ2) is 5.34. The zero-order chi connectivity index (χ0) is 17.3. The van der Waals surface area contributed by atoms with Crippen LogP contribution in [0.1, 0.15) is 52.4 Å². The molecule has 3 N–H and O–H groups in total. The summed E-state index contributed by atoms with van der Waals surface area (Å²) < 4.78 is 0. The summed E-state index contributed by atoms with van der Waals surface area (Å²) in [5, 5.41) is 32.1. The predicted molar refractivity (Wildman–Crippen MR) is 92.8 cm³/mol. The lowest BCUT2D eigenvalue weighted by Crippen LogP contribution is -2.55. The van der Waals surface area contributed by atoms with Gasteiger partial charge in [0, 0.05) is 5.41 Å². The Hall–Kier alpha value is -0.820. The molecular formula is C21H30O3. The number of hydrogen-bond acceptors (Lipinski definition) is 3. The number of aliphatic hydroxyl groups excluding tert-OH is 2. The largest absolute Gasteiger partial charge is 0.393 e. The summed E-state index contributed by atoms with van der Waals surface area (Å²) in [6.45, 7) is 4.21. The molecule has 3 heteroatoms. The highest BCUT2D eigenvalue weighted by Gasteiger charge is 2.65. The van der Waals surface area contributed by atoms with Crippen LogP contribution in [0.2, 0.25) is 0 Å². The molecule has 4 aliphatic rings. The molecule has 0 radical (unpaired) electrons. The van der Waals surface area contributed by atoms with Gasteiger partial charge in [-0.15, -0.1) is 6.42 Å². The number of rotatable bonds is 0. The van der Waals surface area contributed by atoms with Crippen molar-refractivity contribution in [3.63, 3.8) is 0 Å². The van der Waals surface area contributed by atoms with Gasteiger partial charge in [-0.2, -0.15) is 0 Å². The molecule has 0 aromatic rings. The molecule has 0 spiro atoms. The minimum absolute atomic E-state index is 0.0713. The first kappa shape index (κ1) is 16.6. The average molecular weight is 330 g/mol. The van der Waals surface area contributed by atoms with E-state index in [-0.39, 0.29) is 29.3 Å². The Morgan fingerprint density at radius 2 is 2.00 bits per heavy atom. The zero-order valence-electron chi connectivity index (χ0n) is 14.8. The van der Waals surface area contributed by atoms with Crippen molar-refractivity contribution in [2.75, 3.05) is 0 Å². The van der Waals surface area contributed by atoms with Crippen LogP contribution in [0.15, 0.2) is 11.6 Å². The molecule has 4 rings (SSSR count). The summed E-state index contributed by atoms with van der Waals surface area (Å²) in [7, 11) is 0. The van der Waals surface area contributed by atoms with Gasteiger partial charge < -0.3 is 15.3 Å². The maximum absolute atomic E-state index is 11.2. The van der Waals surface area contributed by atoms with Crippen LogP contribution in [0.3, 0.4) is 0 Å². The summed E-state index contributed by atoms with van der Waals surface area (Å²) in [6.07, 6.45) is 12.5. The highest BCUT2D eigenvalue weighted by atomic mass is 16.3. The summed E-state index contributed by atoms with van der Waals surface area (Å²) in [5.74, 6) is 4.23. The van der Waals surface area contributed by atoms with E-state index in [9.17, 15) is 15.3 Å². The topological polar surface area (TPSA) is 60.7 Å². The lowest BCUT2D eigenvalue weighted by atomic mass is 9.50. The van der Waals surface area contributed by atoms with E-state index in [2.05, 4.69) is 19.8 Å². The molecule has 0 saturated heterocycles. The lowest BCUT2D eigenvalue weighted by Gasteiger charge is -2.55. The molecule has 3 unspecified atom stereocenters. The summed E-state index contributed by atoms with van der Waals surface area (Å²) in [5.41, 5.74) is -0.0952. The van der Waals surface area contributed by atoms with E-state index in [1.165, 1.54) is 5.57 Å². The third-order valence-electron chi connectivity index (χ3n) is 8.24. The SMILES string of the molecule is C#C[C@@]1(O)[C@H](C)CC2C3C(CC[C@@]21C)[C@H]1CC[C@H](O)CC1=C[C@@H]3O. The zero-order valence-corrected chi connectivity index (χ0v) is 14.8. The monoisotopic (exact) mass is 330 g/mol. The molecule has 3 fully saturated rings. The van der Waals surface area contributed by atoms with Gasteiger partial charge in [-0.3, -0.25) is 0 Å². The van der Waals surface area contributed by atoms with E-state index < -0.39 is 11.7 Å². The Labute approximate surface area is 145 Å². The lowest BCUT2D eigenvalue weighted by molar-refractivity contribution is -0.113. The Morgan fingerprint density at radius 3 is 2.71 bits per heavy atom. The van der Waals surface area contributed by atoms with Gasteiger partial charge in [0.05, 0.1) is 12.2 Å². The molecule has 0 bridgehead atoms. The minimum atomic E-state index is -1.06. The number of terminal acetylenes is 1. The summed E-state index contributed by atoms with van der Waals surface area (Å²) >= 11 is 0. The first-order valence-corrected chi connectivity index (χ1v) is 9.58. The van der Waals surface area contributed by atoms with Crippen LogP contribution in [0.4, 0.5) is 0 Å². The summed E-state index contributed by atoms with van der Waals surface area (Å²) in [4.78, 5) is 0. The molecular weight excluding hydrogens is 300 g/mol. The molecule has 4 aliphatic carbocycles. The standard InChI is InChI=1S/C21H30O3/c1-4-21(24)12(2)9-17-19-16(7-8-20(17,21)3)15-6-5-14(22)10-13(15)11-18(19)23/h1,11-12,14-19,22-24H,5-10H2,2-3H3/t12-,14+,15+,16?,17?,18+,19?,20+,21-/m1/s1. The maximum atomic E-state index is 11.2. The molecule has 0 heterocycles. The minimum Gasteiger partial charge on any atom is -0.393 e. The van der Waals surface area contributed by atoms with Crippen LogP contribution in [-0.2, 0) is 0 Å². The molecule has 3 nitrogen and oxygen atoms in total. The summed E-state index contributed by atoms with van der Waals surface area (Å²) in [6, 6.07) is 0. The Kier molecular flexibility index (Phi) is 3.70. The van der Waals surface area contributed by atoms with Crippen LogP contribution in [-0.4, -0.2) is 33.1 Å². The van der Waals surface area contributed by atoms with Gasteiger partial charge in [0.2, 0.25) is 0 Å². The molecule has 3 saturated carbocycles. The molecule has 24 heavy (non-hydrogen) atoms. The normalized spacial score (nSPS) is 56.5. The maximum Gasteiger partial charge on any atom is 0.133 e. The first-order chi connectivity index (χ1) is 11.3. The van der Waals surface area contributed by atoms with Gasteiger partial charge in [-0.25, -0.2) is 0 Å². The van der Waals surface area contributed by atoms with Crippen molar-refractivity contribution in [3.05, 3.63) is 11.6 Å². The van der Waals surface area contributed by atoms with Gasteiger partial charge in [0.25, 0.3) is 0 Å². The highest BCUT2D eigenvalue weighted by molar-refractivity contribution is 5.29. The van der Waals surface area contributed by atoms with Gasteiger partial charge in [0.15, 0.2) is 0 Å². The van der Waals surface area contributed by atoms with E-state index in [1.807, 2.05) is 6.08 Å². The van der Waals surface area contributed by atoms with Crippen molar-refractivity contribution in [2.45, 2.75) is 70.2 Å². The fourth-order valence-electron chi connectivity index (χ4n) is 6.93. The fraction of sp³-hybridized carbons (Fsp3) is 0.810. The van der Waals surface area contributed by atoms with Crippen molar-refractivity contribution < 1.29 is 15.3 Å². The van der Waals surface area contributed by atoms with Crippen molar-refractivity contribution >= 4 is 0 Å². The van der Waals surface area contributed by atoms with Crippen molar-refractivity contribution in [1.29, 1.82) is 0 Å².